The first-order valence-electron chi connectivity index (χ1n) is 6.12. The fourth-order valence-electron chi connectivity index (χ4n) is 2.04. The summed E-state index contributed by atoms with van der Waals surface area (Å²) in [6.07, 6.45) is -4.42. The molecule has 0 spiro atoms. The fourth-order valence-corrected chi connectivity index (χ4v) is 2.89. The van der Waals surface area contributed by atoms with Crippen LogP contribution in [-0.4, -0.2) is 14.8 Å². The Morgan fingerprint density at radius 3 is 2.43 bits per heavy atom. The SMILES string of the molecule is CC(C)n1c(CBr)nnc1-c1ccc(Br)c(C(F)(F)F)c1. The molecule has 114 valence electrons. The van der Waals surface area contributed by atoms with Crippen molar-refractivity contribution in [3.8, 4) is 11.4 Å². The third kappa shape index (κ3) is 3.31. The van der Waals surface area contributed by atoms with Crippen LogP contribution >= 0.6 is 31.9 Å². The van der Waals surface area contributed by atoms with Crippen molar-refractivity contribution in [2.75, 3.05) is 0 Å². The lowest BCUT2D eigenvalue weighted by atomic mass is 10.1. The van der Waals surface area contributed by atoms with Gasteiger partial charge in [0.05, 0.1) is 10.9 Å². The van der Waals surface area contributed by atoms with E-state index in [9.17, 15) is 13.2 Å². The molecule has 0 amide bonds. The lowest BCUT2D eigenvalue weighted by molar-refractivity contribution is -0.138. The van der Waals surface area contributed by atoms with Gasteiger partial charge in [0, 0.05) is 16.1 Å². The number of nitrogens with zero attached hydrogens (tertiary/aromatic N) is 3. The van der Waals surface area contributed by atoms with Crippen molar-refractivity contribution in [2.45, 2.75) is 31.4 Å². The summed E-state index contributed by atoms with van der Waals surface area (Å²) >= 11 is 6.24. The number of halogens is 5. The molecule has 0 atom stereocenters. The maximum Gasteiger partial charge on any atom is 0.417 e. The molecular formula is C13H12Br2F3N3. The molecule has 0 fully saturated rings. The summed E-state index contributed by atoms with van der Waals surface area (Å²) in [5, 5.41) is 8.54. The molecule has 1 aromatic heterocycles. The third-order valence-electron chi connectivity index (χ3n) is 2.93. The zero-order valence-electron chi connectivity index (χ0n) is 11.2. The van der Waals surface area contributed by atoms with Crippen molar-refractivity contribution in [2.24, 2.45) is 0 Å². The van der Waals surface area contributed by atoms with Crippen LogP contribution in [0.5, 0.6) is 0 Å². The summed E-state index contributed by atoms with van der Waals surface area (Å²) in [4.78, 5) is 0. The van der Waals surface area contributed by atoms with E-state index in [1.807, 2.05) is 18.4 Å². The van der Waals surface area contributed by atoms with Crippen molar-refractivity contribution >= 4 is 31.9 Å². The van der Waals surface area contributed by atoms with Crippen LogP contribution in [0.25, 0.3) is 11.4 Å². The lowest BCUT2D eigenvalue weighted by Gasteiger charge is -2.15. The van der Waals surface area contributed by atoms with Gasteiger partial charge < -0.3 is 4.57 Å². The van der Waals surface area contributed by atoms with Gasteiger partial charge in [-0.25, -0.2) is 0 Å². The van der Waals surface area contributed by atoms with Gasteiger partial charge in [-0.15, -0.1) is 10.2 Å². The quantitative estimate of drug-likeness (QED) is 0.631. The van der Waals surface area contributed by atoms with E-state index in [2.05, 4.69) is 42.1 Å². The van der Waals surface area contributed by atoms with Gasteiger partial charge in [-0.3, -0.25) is 0 Å². The van der Waals surface area contributed by atoms with Crippen molar-refractivity contribution in [1.82, 2.24) is 14.8 Å². The van der Waals surface area contributed by atoms with E-state index in [0.29, 0.717) is 22.5 Å². The van der Waals surface area contributed by atoms with Gasteiger partial charge in [-0.2, -0.15) is 13.2 Å². The predicted molar refractivity (Wildman–Crippen MR) is 81.2 cm³/mol. The monoisotopic (exact) mass is 425 g/mol. The normalized spacial score (nSPS) is 12.2. The summed E-state index contributed by atoms with van der Waals surface area (Å²) in [6, 6.07) is 4.11. The molecule has 21 heavy (non-hydrogen) atoms. The minimum absolute atomic E-state index is 0.00933. The molecule has 0 aliphatic carbocycles. The minimum atomic E-state index is -4.42. The Bertz CT molecular complexity index is 651. The summed E-state index contributed by atoms with van der Waals surface area (Å²) in [7, 11) is 0. The highest BCUT2D eigenvalue weighted by atomic mass is 79.9. The highest BCUT2D eigenvalue weighted by Crippen LogP contribution is 2.37. The summed E-state index contributed by atoms with van der Waals surface area (Å²) in [5.74, 6) is 1.11. The van der Waals surface area contributed by atoms with Crippen LogP contribution in [0.4, 0.5) is 13.2 Å². The molecule has 1 aromatic carbocycles. The second-order valence-electron chi connectivity index (χ2n) is 4.73. The second-order valence-corrected chi connectivity index (χ2v) is 6.14. The Labute approximate surface area is 136 Å². The largest absolute Gasteiger partial charge is 0.417 e. The van der Waals surface area contributed by atoms with E-state index in [1.165, 1.54) is 6.07 Å². The van der Waals surface area contributed by atoms with E-state index in [4.69, 9.17) is 0 Å². The van der Waals surface area contributed by atoms with Gasteiger partial charge in [0.25, 0.3) is 0 Å². The Morgan fingerprint density at radius 1 is 1.24 bits per heavy atom. The molecule has 3 nitrogen and oxygen atoms in total. The Morgan fingerprint density at radius 2 is 1.90 bits per heavy atom. The highest BCUT2D eigenvalue weighted by Gasteiger charge is 2.33. The Kier molecular flexibility index (Phi) is 4.77. The first-order chi connectivity index (χ1) is 9.75. The number of alkyl halides is 4. The second kappa shape index (κ2) is 6.08. The molecule has 0 radical (unpaired) electrons. The predicted octanol–water partition coefficient (Wildman–Crippen LogP) is 5.20. The van der Waals surface area contributed by atoms with Crippen LogP contribution in [0.1, 0.15) is 31.3 Å². The molecule has 0 aliphatic heterocycles. The van der Waals surface area contributed by atoms with E-state index >= 15 is 0 Å². The molecular weight excluding hydrogens is 415 g/mol. The Hall–Kier alpha value is -0.890. The van der Waals surface area contributed by atoms with Crippen LogP contribution in [0, 0.1) is 0 Å². The molecule has 8 heteroatoms. The molecule has 1 heterocycles. The number of hydrogen-bond acceptors (Lipinski definition) is 2. The van der Waals surface area contributed by atoms with Gasteiger partial charge in [0.1, 0.15) is 5.82 Å². The molecule has 0 bridgehead atoms. The van der Waals surface area contributed by atoms with E-state index < -0.39 is 11.7 Å². The number of benzene rings is 1. The van der Waals surface area contributed by atoms with Crippen molar-refractivity contribution in [3.63, 3.8) is 0 Å². The van der Waals surface area contributed by atoms with Crippen LogP contribution in [0.15, 0.2) is 22.7 Å². The van der Waals surface area contributed by atoms with Crippen molar-refractivity contribution in [1.29, 1.82) is 0 Å². The van der Waals surface area contributed by atoms with Gasteiger partial charge in [-0.1, -0.05) is 37.9 Å². The molecule has 0 saturated carbocycles. The first kappa shape index (κ1) is 16.5. The number of aromatic nitrogens is 3. The van der Waals surface area contributed by atoms with E-state index in [1.54, 1.807) is 6.07 Å². The molecule has 0 saturated heterocycles. The summed E-state index contributed by atoms with van der Waals surface area (Å²) in [5.41, 5.74) is -0.336. The topological polar surface area (TPSA) is 30.7 Å². The number of hydrogen-bond donors (Lipinski definition) is 0. The van der Waals surface area contributed by atoms with Crippen LogP contribution in [-0.2, 0) is 11.5 Å². The number of rotatable bonds is 3. The molecule has 2 rings (SSSR count). The molecule has 0 unspecified atom stereocenters. The fraction of sp³-hybridized carbons (Fsp3) is 0.385. The molecule has 2 aromatic rings. The van der Waals surface area contributed by atoms with Crippen molar-refractivity contribution < 1.29 is 13.2 Å². The van der Waals surface area contributed by atoms with Gasteiger partial charge in [-0.05, 0) is 26.0 Å². The zero-order chi connectivity index (χ0) is 15.8. The molecule has 0 N–H and O–H groups in total. The lowest BCUT2D eigenvalue weighted by Crippen LogP contribution is -2.09. The maximum atomic E-state index is 13.0. The summed E-state index contributed by atoms with van der Waals surface area (Å²) < 4.78 is 40.8. The van der Waals surface area contributed by atoms with Crippen LogP contribution in [0.3, 0.4) is 0 Å². The van der Waals surface area contributed by atoms with Gasteiger partial charge >= 0.3 is 6.18 Å². The smallest absolute Gasteiger partial charge is 0.308 e. The molecule has 0 aliphatic rings. The van der Waals surface area contributed by atoms with E-state index in [-0.39, 0.29) is 10.5 Å². The zero-order valence-corrected chi connectivity index (χ0v) is 14.4. The average Bonchev–Trinajstić information content (AvgIpc) is 2.81. The third-order valence-corrected chi connectivity index (χ3v) is 4.13. The van der Waals surface area contributed by atoms with Gasteiger partial charge in [0.2, 0.25) is 0 Å². The Balaban J connectivity index is 2.61. The highest BCUT2D eigenvalue weighted by molar-refractivity contribution is 9.10. The van der Waals surface area contributed by atoms with E-state index in [0.717, 1.165) is 6.07 Å². The van der Waals surface area contributed by atoms with Crippen LogP contribution in [0.2, 0.25) is 0 Å². The minimum Gasteiger partial charge on any atom is -0.308 e. The van der Waals surface area contributed by atoms with Gasteiger partial charge in [0.15, 0.2) is 5.82 Å². The average molecular weight is 427 g/mol. The van der Waals surface area contributed by atoms with Crippen LogP contribution < -0.4 is 0 Å². The standard InChI is InChI=1S/C13H12Br2F3N3/c1-7(2)21-11(6-14)19-20-12(21)8-3-4-10(15)9(5-8)13(16,17)18/h3-5,7H,6H2,1-2H3. The van der Waals surface area contributed by atoms with Crippen molar-refractivity contribution in [3.05, 3.63) is 34.1 Å². The maximum absolute atomic E-state index is 13.0. The first-order valence-corrected chi connectivity index (χ1v) is 8.04. The summed E-state index contributed by atoms with van der Waals surface area (Å²) in [6.45, 7) is 3.87.